The van der Waals surface area contributed by atoms with Crippen LogP contribution in [0, 0.1) is 0 Å². The number of carboxylic acids is 1. The lowest BCUT2D eigenvalue weighted by Crippen LogP contribution is -2.31. The highest BCUT2D eigenvalue weighted by molar-refractivity contribution is 8.14. The van der Waals surface area contributed by atoms with E-state index in [9.17, 15) is 14.4 Å². The molecule has 1 atom stereocenters. The van der Waals surface area contributed by atoms with Crippen LogP contribution in [0.25, 0.3) is 0 Å². The molecule has 0 aliphatic carbocycles. The van der Waals surface area contributed by atoms with Crippen LogP contribution < -0.4 is 10.6 Å². The summed E-state index contributed by atoms with van der Waals surface area (Å²) >= 11 is 6.96. The van der Waals surface area contributed by atoms with E-state index in [2.05, 4.69) is 10.2 Å². The normalized spacial score (nSPS) is 17.3. The van der Waals surface area contributed by atoms with Gasteiger partial charge in [0.05, 0.1) is 17.5 Å². The number of imide groups is 1. The van der Waals surface area contributed by atoms with E-state index >= 15 is 0 Å². The summed E-state index contributed by atoms with van der Waals surface area (Å²) in [6.07, 6.45) is 1.39. The van der Waals surface area contributed by atoms with Crippen LogP contribution in [-0.2, 0) is 9.59 Å². The van der Waals surface area contributed by atoms with Crippen LogP contribution in [0.2, 0.25) is 5.02 Å². The van der Waals surface area contributed by atoms with Crippen LogP contribution in [0.3, 0.4) is 0 Å². The fourth-order valence-electron chi connectivity index (χ4n) is 2.62. The second-order valence-corrected chi connectivity index (χ2v) is 7.56. The standard InChI is InChI=1S/C19H15ClN4O4S/c20-14-4-2-1-3-12(14)10-22-23-19(21)29-15-9-16(25)24(17(15)26)13-7-5-11(6-8-13)18(27)28/h1-8,10,15H,9H2,(H2,21,23)(H,27,28)/b22-10+. The largest absolute Gasteiger partial charge is 0.478 e. The zero-order valence-corrected chi connectivity index (χ0v) is 16.4. The van der Waals surface area contributed by atoms with E-state index in [1.165, 1.54) is 30.5 Å². The van der Waals surface area contributed by atoms with Gasteiger partial charge in [0.25, 0.3) is 0 Å². The minimum Gasteiger partial charge on any atom is -0.478 e. The lowest BCUT2D eigenvalue weighted by Gasteiger charge is -2.14. The molecule has 1 unspecified atom stereocenters. The Morgan fingerprint density at radius 2 is 1.90 bits per heavy atom. The van der Waals surface area contributed by atoms with Gasteiger partial charge in [-0.25, -0.2) is 9.69 Å². The summed E-state index contributed by atoms with van der Waals surface area (Å²) in [5, 5.41) is 16.4. The molecular weight excluding hydrogens is 416 g/mol. The number of anilines is 1. The van der Waals surface area contributed by atoms with Gasteiger partial charge in [-0.3, -0.25) is 9.59 Å². The summed E-state index contributed by atoms with van der Waals surface area (Å²) in [6.45, 7) is 0. The minimum absolute atomic E-state index is 0.0301. The Labute approximate surface area is 175 Å². The third-order valence-electron chi connectivity index (χ3n) is 4.00. The summed E-state index contributed by atoms with van der Waals surface area (Å²) < 4.78 is 0. The number of carbonyl (C=O) groups is 3. The summed E-state index contributed by atoms with van der Waals surface area (Å²) in [5.74, 6) is -1.94. The Morgan fingerprint density at radius 1 is 1.21 bits per heavy atom. The fourth-order valence-corrected chi connectivity index (χ4v) is 3.62. The average molecular weight is 431 g/mol. The van der Waals surface area contributed by atoms with E-state index in [1.54, 1.807) is 24.3 Å². The second kappa shape index (κ2) is 8.89. The molecule has 0 aromatic heterocycles. The molecular formula is C19H15ClN4O4S. The van der Waals surface area contributed by atoms with E-state index in [1.807, 2.05) is 0 Å². The molecule has 0 bridgehead atoms. The van der Waals surface area contributed by atoms with Crippen molar-refractivity contribution >= 4 is 58.2 Å². The van der Waals surface area contributed by atoms with E-state index in [4.69, 9.17) is 22.4 Å². The summed E-state index contributed by atoms with van der Waals surface area (Å²) in [4.78, 5) is 36.8. The van der Waals surface area contributed by atoms with Gasteiger partial charge in [-0.1, -0.05) is 41.6 Å². The zero-order valence-electron chi connectivity index (χ0n) is 14.9. The molecule has 0 spiro atoms. The van der Waals surface area contributed by atoms with Gasteiger partial charge in [-0.2, -0.15) is 5.10 Å². The number of rotatable bonds is 5. The Kier molecular flexibility index (Phi) is 6.30. The fraction of sp³-hybridized carbons (Fsp3) is 0.105. The third-order valence-corrected chi connectivity index (χ3v) is 5.32. The van der Waals surface area contributed by atoms with Crippen molar-refractivity contribution in [2.75, 3.05) is 4.90 Å². The van der Waals surface area contributed by atoms with E-state index in [0.29, 0.717) is 16.3 Å². The molecule has 1 fully saturated rings. The summed E-state index contributed by atoms with van der Waals surface area (Å²) in [7, 11) is 0. The SMILES string of the molecule is NC(=N/N=C/c1ccccc1Cl)SC1CC(=O)N(c2ccc(C(=O)O)cc2)C1=O. The van der Waals surface area contributed by atoms with Crippen molar-refractivity contribution in [3.63, 3.8) is 0 Å². The molecule has 3 rings (SSSR count). The molecule has 1 saturated heterocycles. The van der Waals surface area contributed by atoms with Crippen molar-refractivity contribution in [3.05, 3.63) is 64.7 Å². The number of halogens is 1. The quantitative estimate of drug-likeness (QED) is 0.325. The predicted molar refractivity (Wildman–Crippen MR) is 113 cm³/mol. The third kappa shape index (κ3) is 4.82. The first-order valence-corrected chi connectivity index (χ1v) is 9.60. The Balaban J connectivity index is 1.67. The maximum Gasteiger partial charge on any atom is 0.335 e. The maximum atomic E-state index is 12.6. The highest BCUT2D eigenvalue weighted by Crippen LogP contribution is 2.30. The number of thioether (sulfide) groups is 1. The first kappa shape index (κ1) is 20.6. The lowest BCUT2D eigenvalue weighted by atomic mass is 10.2. The average Bonchev–Trinajstić information content (AvgIpc) is 2.96. The summed E-state index contributed by atoms with van der Waals surface area (Å²) in [5.41, 5.74) is 6.85. The number of carbonyl (C=O) groups excluding carboxylic acids is 2. The van der Waals surface area contributed by atoms with Gasteiger partial charge in [0.1, 0.15) is 5.25 Å². The smallest absolute Gasteiger partial charge is 0.335 e. The van der Waals surface area contributed by atoms with Gasteiger partial charge in [0, 0.05) is 17.0 Å². The first-order valence-electron chi connectivity index (χ1n) is 8.34. The van der Waals surface area contributed by atoms with E-state index in [-0.39, 0.29) is 17.2 Å². The van der Waals surface area contributed by atoms with Crippen LogP contribution in [-0.4, -0.2) is 39.5 Å². The molecule has 1 heterocycles. The molecule has 29 heavy (non-hydrogen) atoms. The minimum atomic E-state index is -1.09. The van der Waals surface area contributed by atoms with Gasteiger partial charge < -0.3 is 10.8 Å². The molecule has 1 aliphatic heterocycles. The lowest BCUT2D eigenvalue weighted by molar-refractivity contribution is -0.121. The van der Waals surface area contributed by atoms with Crippen LogP contribution in [0.1, 0.15) is 22.3 Å². The number of benzene rings is 2. The molecule has 1 aliphatic rings. The molecule has 8 nitrogen and oxygen atoms in total. The zero-order chi connectivity index (χ0) is 21.0. The van der Waals surface area contributed by atoms with Crippen LogP contribution in [0.15, 0.2) is 58.7 Å². The molecule has 0 radical (unpaired) electrons. The number of nitrogens with two attached hydrogens (primary N) is 1. The molecule has 0 saturated carbocycles. The summed E-state index contributed by atoms with van der Waals surface area (Å²) in [6, 6.07) is 12.6. The van der Waals surface area contributed by atoms with Crippen molar-refractivity contribution in [3.8, 4) is 0 Å². The molecule has 148 valence electrons. The monoisotopic (exact) mass is 430 g/mol. The number of amidine groups is 1. The van der Waals surface area contributed by atoms with Gasteiger partial charge in [0.2, 0.25) is 11.8 Å². The van der Waals surface area contributed by atoms with Gasteiger partial charge in [0.15, 0.2) is 5.17 Å². The number of aromatic carboxylic acids is 1. The maximum absolute atomic E-state index is 12.6. The molecule has 10 heteroatoms. The number of carboxylic acid groups (broad SMARTS) is 1. The predicted octanol–water partition coefficient (Wildman–Crippen LogP) is 2.75. The van der Waals surface area contributed by atoms with Crippen LogP contribution >= 0.6 is 23.4 Å². The Hall–Kier alpha value is -3.17. The molecule has 2 aromatic rings. The number of amides is 2. The molecule has 3 N–H and O–H groups in total. The Bertz CT molecular complexity index is 1020. The highest BCUT2D eigenvalue weighted by Gasteiger charge is 2.40. The van der Waals surface area contributed by atoms with Crippen molar-refractivity contribution in [1.29, 1.82) is 0 Å². The van der Waals surface area contributed by atoms with Crippen molar-refractivity contribution in [2.45, 2.75) is 11.7 Å². The molecule has 2 aromatic carbocycles. The van der Waals surface area contributed by atoms with Crippen LogP contribution in [0.5, 0.6) is 0 Å². The first-order chi connectivity index (χ1) is 13.9. The second-order valence-electron chi connectivity index (χ2n) is 5.93. The van der Waals surface area contributed by atoms with Gasteiger partial charge >= 0.3 is 5.97 Å². The van der Waals surface area contributed by atoms with Crippen molar-refractivity contribution in [1.82, 2.24) is 0 Å². The van der Waals surface area contributed by atoms with Crippen LogP contribution in [0.4, 0.5) is 5.69 Å². The van der Waals surface area contributed by atoms with E-state index < -0.39 is 23.0 Å². The number of nitrogens with zero attached hydrogens (tertiary/aromatic N) is 3. The number of hydrogen-bond donors (Lipinski definition) is 2. The van der Waals surface area contributed by atoms with Gasteiger partial charge in [-0.05, 0) is 30.3 Å². The van der Waals surface area contributed by atoms with E-state index in [0.717, 1.165) is 16.7 Å². The topological polar surface area (TPSA) is 125 Å². The highest BCUT2D eigenvalue weighted by atomic mass is 35.5. The van der Waals surface area contributed by atoms with Crippen molar-refractivity contribution in [2.24, 2.45) is 15.9 Å². The van der Waals surface area contributed by atoms with Crippen molar-refractivity contribution < 1.29 is 19.5 Å². The molecule has 2 amide bonds. The Morgan fingerprint density at radius 3 is 2.55 bits per heavy atom. The number of hydrogen-bond acceptors (Lipinski definition) is 6. The van der Waals surface area contributed by atoms with Gasteiger partial charge in [-0.15, -0.1) is 5.10 Å².